The highest BCUT2D eigenvalue weighted by atomic mass is 32.2. The zero-order valence-electron chi connectivity index (χ0n) is 18.3. The highest BCUT2D eigenvalue weighted by Crippen LogP contribution is 2.27. The average Bonchev–Trinajstić information content (AvgIpc) is 3.19. The molecule has 2 N–H and O–H groups in total. The molecule has 3 rings (SSSR count). The van der Waals surface area contributed by atoms with Crippen LogP contribution in [0.3, 0.4) is 0 Å². The summed E-state index contributed by atoms with van der Waals surface area (Å²) in [6.45, 7) is 4.21. The Labute approximate surface area is 190 Å². The van der Waals surface area contributed by atoms with Gasteiger partial charge < -0.3 is 14.5 Å². The molecule has 33 heavy (non-hydrogen) atoms. The monoisotopic (exact) mass is 478 g/mol. The van der Waals surface area contributed by atoms with Crippen molar-refractivity contribution in [1.82, 2.24) is 5.32 Å². The van der Waals surface area contributed by atoms with Crippen LogP contribution in [0.15, 0.2) is 52.9 Å². The Bertz CT molecular complexity index is 1230. The number of nitrogens with one attached hydrogen (secondary N) is 2. The third-order valence-electron chi connectivity index (χ3n) is 4.64. The number of benzene rings is 2. The number of hydrogen-bond acceptors (Lipinski definition) is 5. The van der Waals surface area contributed by atoms with E-state index in [1.165, 1.54) is 12.1 Å². The first kappa shape index (κ1) is 24.2. The van der Waals surface area contributed by atoms with Crippen molar-refractivity contribution in [2.24, 2.45) is 0 Å². The van der Waals surface area contributed by atoms with Gasteiger partial charge in [0.25, 0.3) is 11.9 Å². The second kappa shape index (κ2) is 10.0. The van der Waals surface area contributed by atoms with Gasteiger partial charge in [-0.3, -0.25) is 9.52 Å². The molecule has 0 aliphatic rings. The number of sulfonamides is 1. The molecule has 0 atom stereocenters. The fourth-order valence-electron chi connectivity index (χ4n) is 3.01. The summed E-state index contributed by atoms with van der Waals surface area (Å²) in [6.07, 6.45) is 0.911. The second-order valence-corrected chi connectivity index (χ2v) is 9.51. The van der Waals surface area contributed by atoms with Gasteiger partial charge in [-0.05, 0) is 53.8 Å². The Kier molecular flexibility index (Phi) is 7.37. The van der Waals surface area contributed by atoms with Gasteiger partial charge in [0.2, 0.25) is 10.0 Å². The maximum Gasteiger partial charge on any atom is 0.290 e. The van der Waals surface area contributed by atoms with Crippen molar-refractivity contribution in [3.05, 3.63) is 77.1 Å². The minimum absolute atomic E-state index is 0.0232. The largest absolute Gasteiger partial charge is 0.426 e. The Balaban J connectivity index is 1.57. The van der Waals surface area contributed by atoms with Gasteiger partial charge in [-0.2, -0.15) is 0 Å². The van der Waals surface area contributed by atoms with Crippen LogP contribution in [0.5, 0.6) is 11.7 Å². The number of ether oxygens (including phenoxy) is 1. The summed E-state index contributed by atoms with van der Waals surface area (Å²) in [5.41, 5.74) is 0.607. The minimum atomic E-state index is -3.83. The molecule has 0 radical (unpaired) electrons. The minimum Gasteiger partial charge on any atom is -0.426 e. The number of carbonyl (C=O) groups is 1. The predicted molar refractivity (Wildman–Crippen MR) is 120 cm³/mol. The van der Waals surface area contributed by atoms with E-state index in [1.54, 1.807) is 10.8 Å². The zero-order chi connectivity index (χ0) is 24.2. The first-order valence-electron chi connectivity index (χ1n) is 10.1. The quantitative estimate of drug-likeness (QED) is 0.460. The second-order valence-electron chi connectivity index (χ2n) is 7.76. The van der Waals surface area contributed by atoms with Gasteiger partial charge in [-0.25, -0.2) is 17.2 Å². The van der Waals surface area contributed by atoms with Crippen LogP contribution < -0.4 is 14.8 Å². The van der Waals surface area contributed by atoms with Gasteiger partial charge in [-0.15, -0.1) is 0 Å². The molecule has 3 aromatic rings. The molecule has 0 bridgehead atoms. The SMILES string of the molecule is CC(C)c1cccc(Oc2ccc(C(=O)NCCc3cc(F)c(NS(C)(=O)=O)c(F)c3)o2)c1. The van der Waals surface area contributed by atoms with Crippen molar-refractivity contribution in [3.8, 4) is 11.7 Å². The van der Waals surface area contributed by atoms with Gasteiger partial charge in [0.15, 0.2) is 17.4 Å². The van der Waals surface area contributed by atoms with Crippen LogP contribution in [-0.4, -0.2) is 27.1 Å². The van der Waals surface area contributed by atoms with Crippen LogP contribution in [0.4, 0.5) is 14.5 Å². The van der Waals surface area contributed by atoms with Crippen LogP contribution >= 0.6 is 0 Å². The lowest BCUT2D eigenvalue weighted by Crippen LogP contribution is -2.25. The third kappa shape index (κ3) is 6.79. The highest BCUT2D eigenvalue weighted by molar-refractivity contribution is 7.92. The van der Waals surface area contributed by atoms with E-state index in [4.69, 9.17) is 9.15 Å². The lowest BCUT2D eigenvalue weighted by molar-refractivity contribution is 0.0921. The van der Waals surface area contributed by atoms with Gasteiger partial charge >= 0.3 is 0 Å². The molecular formula is C23H24F2N2O5S. The molecule has 10 heteroatoms. The number of anilines is 1. The Morgan fingerprint density at radius 3 is 2.42 bits per heavy atom. The number of amides is 1. The van der Waals surface area contributed by atoms with E-state index in [1.807, 2.05) is 18.2 Å². The molecule has 1 aromatic heterocycles. The van der Waals surface area contributed by atoms with Crippen molar-refractivity contribution < 1.29 is 31.1 Å². The van der Waals surface area contributed by atoms with Crippen molar-refractivity contribution in [1.29, 1.82) is 0 Å². The molecule has 1 amide bonds. The normalized spacial score (nSPS) is 11.5. The molecule has 0 saturated heterocycles. The lowest BCUT2D eigenvalue weighted by atomic mass is 10.0. The summed E-state index contributed by atoms with van der Waals surface area (Å²) >= 11 is 0. The molecule has 0 fully saturated rings. The van der Waals surface area contributed by atoms with Crippen molar-refractivity contribution in [2.45, 2.75) is 26.2 Å². The first-order chi connectivity index (χ1) is 15.5. The molecule has 0 spiro atoms. The smallest absolute Gasteiger partial charge is 0.290 e. The summed E-state index contributed by atoms with van der Waals surface area (Å²) in [5, 5.41) is 2.60. The van der Waals surface area contributed by atoms with Gasteiger partial charge in [0, 0.05) is 12.6 Å². The number of carbonyl (C=O) groups excluding carboxylic acids is 1. The van der Waals surface area contributed by atoms with Crippen LogP contribution in [0.25, 0.3) is 0 Å². The van der Waals surface area contributed by atoms with Crippen LogP contribution in [-0.2, 0) is 16.4 Å². The molecule has 176 valence electrons. The topological polar surface area (TPSA) is 97.6 Å². The van der Waals surface area contributed by atoms with E-state index >= 15 is 0 Å². The summed E-state index contributed by atoms with van der Waals surface area (Å²) in [5.74, 6) is -1.51. The standard InChI is InChI=1S/C23H24F2N2O5S/c1-14(2)16-5-4-6-17(13-16)31-21-8-7-20(32-21)23(28)26-10-9-15-11-18(24)22(19(25)12-15)27-33(3,29)30/h4-8,11-14,27H,9-10H2,1-3H3,(H,26,28). The van der Waals surface area contributed by atoms with Gasteiger partial charge in [-0.1, -0.05) is 26.0 Å². The predicted octanol–water partition coefficient (Wildman–Crippen LogP) is 4.82. The summed E-state index contributed by atoms with van der Waals surface area (Å²) < 4.78 is 63.4. The summed E-state index contributed by atoms with van der Waals surface area (Å²) in [4.78, 5) is 12.3. The van der Waals surface area contributed by atoms with E-state index in [0.29, 0.717) is 11.7 Å². The number of hydrogen-bond donors (Lipinski definition) is 2. The van der Waals surface area contributed by atoms with E-state index < -0.39 is 33.3 Å². The molecule has 0 aliphatic heterocycles. The van der Waals surface area contributed by atoms with E-state index in [-0.39, 0.29) is 30.2 Å². The van der Waals surface area contributed by atoms with Crippen molar-refractivity contribution >= 4 is 21.6 Å². The summed E-state index contributed by atoms with van der Waals surface area (Å²) in [6, 6.07) is 12.5. The lowest BCUT2D eigenvalue weighted by Gasteiger charge is -2.09. The van der Waals surface area contributed by atoms with E-state index in [0.717, 1.165) is 24.0 Å². The first-order valence-corrected chi connectivity index (χ1v) is 12.0. The molecule has 0 unspecified atom stereocenters. The molecule has 1 heterocycles. The maximum atomic E-state index is 14.1. The van der Waals surface area contributed by atoms with E-state index in [2.05, 4.69) is 19.2 Å². The maximum absolute atomic E-state index is 14.1. The average molecular weight is 479 g/mol. The molecular weight excluding hydrogens is 454 g/mol. The van der Waals surface area contributed by atoms with Crippen molar-refractivity contribution in [3.63, 3.8) is 0 Å². The Hall–Kier alpha value is -3.40. The Morgan fingerprint density at radius 2 is 1.79 bits per heavy atom. The van der Waals surface area contributed by atoms with Crippen LogP contribution in [0.1, 0.15) is 41.4 Å². The molecule has 0 saturated carbocycles. The number of halogens is 2. The molecule has 7 nitrogen and oxygen atoms in total. The number of rotatable bonds is 9. The van der Waals surface area contributed by atoms with E-state index in [9.17, 15) is 22.0 Å². The van der Waals surface area contributed by atoms with Crippen LogP contribution in [0, 0.1) is 11.6 Å². The fraction of sp³-hybridized carbons (Fsp3) is 0.261. The highest BCUT2D eigenvalue weighted by Gasteiger charge is 2.16. The molecule has 2 aromatic carbocycles. The fourth-order valence-corrected chi connectivity index (χ4v) is 3.58. The summed E-state index contributed by atoms with van der Waals surface area (Å²) in [7, 11) is -3.83. The number of furan rings is 1. The third-order valence-corrected chi connectivity index (χ3v) is 5.21. The van der Waals surface area contributed by atoms with Crippen molar-refractivity contribution in [2.75, 3.05) is 17.5 Å². The van der Waals surface area contributed by atoms with Gasteiger partial charge in [0.1, 0.15) is 11.4 Å². The van der Waals surface area contributed by atoms with Gasteiger partial charge in [0.05, 0.1) is 6.26 Å². The zero-order valence-corrected chi connectivity index (χ0v) is 19.1. The Morgan fingerprint density at radius 1 is 1.09 bits per heavy atom. The van der Waals surface area contributed by atoms with Crippen LogP contribution in [0.2, 0.25) is 0 Å². The molecule has 0 aliphatic carbocycles.